The second kappa shape index (κ2) is 9.93. The van der Waals surface area contributed by atoms with Gasteiger partial charge in [0.1, 0.15) is 0 Å². The fourth-order valence-electron chi connectivity index (χ4n) is 3.90. The lowest BCUT2D eigenvalue weighted by molar-refractivity contribution is -0.123. The molecule has 0 radical (unpaired) electrons. The summed E-state index contributed by atoms with van der Waals surface area (Å²) in [5.41, 5.74) is 1.11. The lowest BCUT2D eigenvalue weighted by Crippen LogP contribution is -2.50. The van der Waals surface area contributed by atoms with E-state index < -0.39 is 0 Å². The summed E-state index contributed by atoms with van der Waals surface area (Å²) in [6.45, 7) is 5.10. The summed E-state index contributed by atoms with van der Waals surface area (Å²) in [5.74, 6) is 0.186. The van der Waals surface area contributed by atoms with Gasteiger partial charge in [-0.1, -0.05) is 55.0 Å². The Morgan fingerprint density at radius 3 is 2.31 bits per heavy atom. The topological polar surface area (TPSA) is 35.6 Å². The van der Waals surface area contributed by atoms with Crippen molar-refractivity contribution in [1.82, 2.24) is 15.1 Å². The number of amides is 1. The predicted octanol–water partition coefficient (Wildman–Crippen LogP) is 3.95. The molecular weight excluding hydrogens is 369 g/mol. The Bertz CT molecular complexity index is 595. The molecule has 2 aliphatic rings. The van der Waals surface area contributed by atoms with E-state index in [-0.39, 0.29) is 5.91 Å². The van der Waals surface area contributed by atoms with Crippen LogP contribution in [-0.2, 0) is 11.3 Å². The fraction of sp³-hybridized carbons (Fsp3) is 0.650. The molecule has 1 saturated carbocycles. The highest BCUT2D eigenvalue weighted by Gasteiger charge is 2.21. The van der Waals surface area contributed by atoms with Crippen LogP contribution in [0.15, 0.2) is 18.2 Å². The molecule has 1 aliphatic carbocycles. The molecule has 1 aliphatic heterocycles. The van der Waals surface area contributed by atoms with Crippen molar-refractivity contribution < 1.29 is 4.79 Å². The molecule has 1 aromatic carbocycles. The molecule has 144 valence electrons. The van der Waals surface area contributed by atoms with Crippen LogP contribution in [0.3, 0.4) is 0 Å². The van der Waals surface area contributed by atoms with Crippen LogP contribution in [0.4, 0.5) is 0 Å². The van der Waals surface area contributed by atoms with Crippen molar-refractivity contribution >= 4 is 29.1 Å². The average Bonchev–Trinajstić information content (AvgIpc) is 2.87. The normalized spacial score (nSPS) is 20.7. The smallest absolute Gasteiger partial charge is 0.234 e. The minimum absolute atomic E-state index is 0.186. The highest BCUT2D eigenvalue weighted by atomic mass is 35.5. The summed E-state index contributed by atoms with van der Waals surface area (Å²) in [7, 11) is 0. The number of nitrogens with zero attached hydrogens (tertiary/aromatic N) is 2. The Balaban J connectivity index is 1.39. The fourth-order valence-corrected chi connectivity index (χ4v) is 4.36. The molecule has 0 spiro atoms. The summed E-state index contributed by atoms with van der Waals surface area (Å²) in [4.78, 5) is 17.0. The molecular formula is C20H29Cl2N3O. The van der Waals surface area contributed by atoms with Crippen LogP contribution >= 0.6 is 23.2 Å². The molecule has 1 aromatic rings. The van der Waals surface area contributed by atoms with Crippen LogP contribution in [0.2, 0.25) is 10.0 Å². The standard InChI is InChI=1S/C20H29Cl2N3O/c21-17-8-7-16(19(22)13-17)14-24-9-11-25(12-10-24)15-20(26)23-18-5-3-1-2-4-6-18/h7-8,13,18H,1-6,9-12,14-15H2,(H,23,26). The van der Waals surface area contributed by atoms with Crippen LogP contribution in [0, 0.1) is 0 Å². The van der Waals surface area contributed by atoms with Crippen LogP contribution < -0.4 is 5.32 Å². The van der Waals surface area contributed by atoms with E-state index in [1.165, 1.54) is 25.7 Å². The molecule has 4 nitrogen and oxygen atoms in total. The van der Waals surface area contributed by atoms with Gasteiger partial charge in [0, 0.05) is 48.8 Å². The zero-order valence-electron chi connectivity index (χ0n) is 15.4. The third kappa shape index (κ3) is 6.12. The Labute approximate surface area is 166 Å². The lowest BCUT2D eigenvalue weighted by atomic mass is 10.1. The zero-order chi connectivity index (χ0) is 18.4. The van der Waals surface area contributed by atoms with Gasteiger partial charge in [0.15, 0.2) is 0 Å². The van der Waals surface area contributed by atoms with Crippen molar-refractivity contribution in [3.63, 3.8) is 0 Å². The molecule has 1 heterocycles. The number of piperazine rings is 1. The molecule has 0 atom stereocenters. The first-order valence-corrected chi connectivity index (χ1v) is 10.5. The van der Waals surface area contributed by atoms with Gasteiger partial charge in [-0.25, -0.2) is 0 Å². The van der Waals surface area contributed by atoms with E-state index in [4.69, 9.17) is 23.2 Å². The molecule has 2 fully saturated rings. The van der Waals surface area contributed by atoms with Crippen molar-refractivity contribution in [2.45, 2.75) is 51.1 Å². The van der Waals surface area contributed by atoms with E-state index in [2.05, 4.69) is 15.1 Å². The van der Waals surface area contributed by atoms with Gasteiger partial charge in [-0.2, -0.15) is 0 Å². The molecule has 0 unspecified atom stereocenters. The van der Waals surface area contributed by atoms with Gasteiger partial charge >= 0.3 is 0 Å². The van der Waals surface area contributed by atoms with Crippen LogP contribution in [0.5, 0.6) is 0 Å². The van der Waals surface area contributed by atoms with Gasteiger partial charge in [-0.3, -0.25) is 14.6 Å². The highest BCUT2D eigenvalue weighted by Crippen LogP contribution is 2.22. The average molecular weight is 398 g/mol. The summed E-state index contributed by atoms with van der Waals surface area (Å²) in [6.07, 6.45) is 7.40. The number of hydrogen-bond acceptors (Lipinski definition) is 3. The van der Waals surface area contributed by atoms with E-state index >= 15 is 0 Å². The zero-order valence-corrected chi connectivity index (χ0v) is 16.9. The summed E-state index contributed by atoms with van der Waals surface area (Å²) < 4.78 is 0. The largest absolute Gasteiger partial charge is 0.352 e. The first kappa shape index (κ1) is 19.9. The SMILES string of the molecule is O=C(CN1CCN(Cc2ccc(Cl)cc2Cl)CC1)NC1CCCCCC1. The number of benzene rings is 1. The number of carbonyl (C=O) groups excluding carboxylic acids is 1. The molecule has 26 heavy (non-hydrogen) atoms. The third-order valence-corrected chi connectivity index (χ3v) is 6.05. The Morgan fingerprint density at radius 2 is 1.65 bits per heavy atom. The first-order chi connectivity index (χ1) is 12.6. The second-order valence-corrected chi connectivity index (χ2v) is 8.39. The molecule has 0 aromatic heterocycles. The van der Waals surface area contributed by atoms with Gasteiger partial charge in [0.05, 0.1) is 6.54 Å². The van der Waals surface area contributed by atoms with Crippen LogP contribution in [-0.4, -0.2) is 54.5 Å². The number of hydrogen-bond donors (Lipinski definition) is 1. The highest BCUT2D eigenvalue weighted by molar-refractivity contribution is 6.35. The Hall–Kier alpha value is -0.810. The monoisotopic (exact) mass is 397 g/mol. The van der Waals surface area contributed by atoms with E-state index in [9.17, 15) is 4.79 Å². The van der Waals surface area contributed by atoms with E-state index in [0.717, 1.165) is 56.2 Å². The van der Waals surface area contributed by atoms with Crippen molar-refractivity contribution in [3.05, 3.63) is 33.8 Å². The molecule has 6 heteroatoms. The quantitative estimate of drug-likeness (QED) is 0.763. The van der Waals surface area contributed by atoms with Crippen molar-refractivity contribution in [3.8, 4) is 0 Å². The maximum absolute atomic E-state index is 12.3. The van der Waals surface area contributed by atoms with Gasteiger partial charge < -0.3 is 5.32 Å². The Morgan fingerprint density at radius 1 is 1.00 bits per heavy atom. The van der Waals surface area contributed by atoms with Crippen molar-refractivity contribution in [2.75, 3.05) is 32.7 Å². The maximum atomic E-state index is 12.3. The van der Waals surface area contributed by atoms with Crippen LogP contribution in [0.25, 0.3) is 0 Å². The van der Waals surface area contributed by atoms with Crippen LogP contribution in [0.1, 0.15) is 44.1 Å². The molecule has 3 rings (SSSR count). The molecule has 1 amide bonds. The second-order valence-electron chi connectivity index (χ2n) is 7.54. The summed E-state index contributed by atoms with van der Waals surface area (Å²) in [6, 6.07) is 6.07. The first-order valence-electron chi connectivity index (χ1n) is 9.78. The van der Waals surface area contributed by atoms with Crippen molar-refractivity contribution in [1.29, 1.82) is 0 Å². The van der Waals surface area contributed by atoms with E-state index in [1.54, 1.807) is 6.07 Å². The number of carbonyl (C=O) groups is 1. The maximum Gasteiger partial charge on any atom is 0.234 e. The number of rotatable bonds is 5. The molecule has 1 saturated heterocycles. The predicted molar refractivity (Wildman–Crippen MR) is 108 cm³/mol. The van der Waals surface area contributed by atoms with E-state index in [1.807, 2.05) is 12.1 Å². The summed E-state index contributed by atoms with van der Waals surface area (Å²) in [5, 5.41) is 4.64. The Kier molecular flexibility index (Phi) is 7.62. The minimum atomic E-state index is 0.186. The van der Waals surface area contributed by atoms with Gasteiger partial charge in [0.25, 0.3) is 0 Å². The number of nitrogens with one attached hydrogen (secondary N) is 1. The minimum Gasteiger partial charge on any atom is -0.352 e. The lowest BCUT2D eigenvalue weighted by Gasteiger charge is -2.34. The third-order valence-electron chi connectivity index (χ3n) is 5.46. The molecule has 1 N–H and O–H groups in total. The molecule has 0 bridgehead atoms. The van der Waals surface area contributed by atoms with Gasteiger partial charge in [-0.15, -0.1) is 0 Å². The summed E-state index contributed by atoms with van der Waals surface area (Å²) >= 11 is 12.2. The van der Waals surface area contributed by atoms with Crippen molar-refractivity contribution in [2.24, 2.45) is 0 Å². The van der Waals surface area contributed by atoms with Gasteiger partial charge in [0.2, 0.25) is 5.91 Å². The number of halogens is 2. The van der Waals surface area contributed by atoms with E-state index in [0.29, 0.717) is 17.6 Å². The van der Waals surface area contributed by atoms with Gasteiger partial charge in [-0.05, 0) is 30.5 Å².